The van der Waals surface area contributed by atoms with Gasteiger partial charge in [-0.25, -0.2) is 0 Å². The van der Waals surface area contributed by atoms with Crippen LogP contribution in [0.3, 0.4) is 0 Å². The van der Waals surface area contributed by atoms with Gasteiger partial charge >= 0.3 is 0 Å². The average molecular weight is 314 g/mol. The van der Waals surface area contributed by atoms with Crippen molar-refractivity contribution >= 4 is 31.9 Å². The predicted molar refractivity (Wildman–Crippen MR) is 63.9 cm³/mol. The first-order valence-electron chi connectivity index (χ1n) is 4.87. The molecule has 0 aromatic heterocycles. The molecule has 1 aliphatic heterocycles. The third-order valence-corrected chi connectivity index (χ3v) is 5.39. The number of rotatable bonds is 4. The van der Waals surface area contributed by atoms with E-state index in [4.69, 9.17) is 4.74 Å². The maximum Gasteiger partial charge on any atom is 0.0585 e. The minimum atomic E-state index is 0.342. The molecule has 0 amide bonds. The van der Waals surface area contributed by atoms with Crippen LogP contribution in [0.15, 0.2) is 0 Å². The molecule has 0 aliphatic carbocycles. The van der Waals surface area contributed by atoms with Gasteiger partial charge in [0.15, 0.2) is 0 Å². The Morgan fingerprint density at radius 3 is 2.31 bits per heavy atom. The Balaban J connectivity index is 2.38. The van der Waals surface area contributed by atoms with Crippen LogP contribution >= 0.6 is 31.9 Å². The number of alkyl halides is 2. The topological polar surface area (TPSA) is 9.23 Å². The van der Waals surface area contributed by atoms with E-state index in [9.17, 15) is 0 Å². The lowest BCUT2D eigenvalue weighted by atomic mass is 9.88. The molecule has 0 N–H and O–H groups in total. The van der Waals surface area contributed by atoms with E-state index in [1.807, 2.05) is 0 Å². The van der Waals surface area contributed by atoms with Crippen LogP contribution in [0, 0.1) is 5.41 Å². The summed E-state index contributed by atoms with van der Waals surface area (Å²) in [5.74, 6) is 0. The van der Waals surface area contributed by atoms with Crippen LogP contribution in [-0.2, 0) is 4.74 Å². The van der Waals surface area contributed by atoms with Crippen LogP contribution in [-0.4, -0.2) is 22.9 Å². The summed E-state index contributed by atoms with van der Waals surface area (Å²) in [5.41, 5.74) is 0.342. The quantitative estimate of drug-likeness (QED) is 0.718. The molecule has 0 aromatic rings. The Morgan fingerprint density at radius 2 is 1.92 bits per heavy atom. The first-order valence-corrected chi connectivity index (χ1v) is 7.11. The largest absolute Gasteiger partial charge is 0.375 e. The standard InChI is InChI=1S/C10H18Br2O/c1-8-3-4-9(13-8)5-10(2,6-11)7-12/h8-9H,3-7H2,1-2H3. The Bertz CT molecular complexity index is 157. The van der Waals surface area contributed by atoms with Crippen LogP contribution < -0.4 is 0 Å². The Kier molecular flexibility index (Phi) is 4.73. The molecule has 1 fully saturated rings. The molecule has 0 saturated carbocycles. The highest BCUT2D eigenvalue weighted by molar-refractivity contribution is 9.09. The fourth-order valence-electron chi connectivity index (χ4n) is 1.73. The van der Waals surface area contributed by atoms with E-state index >= 15 is 0 Å². The van der Waals surface area contributed by atoms with E-state index in [0.29, 0.717) is 17.6 Å². The van der Waals surface area contributed by atoms with Crippen molar-refractivity contribution in [3.05, 3.63) is 0 Å². The van der Waals surface area contributed by atoms with Crippen LogP contribution in [0.5, 0.6) is 0 Å². The Morgan fingerprint density at radius 1 is 1.31 bits per heavy atom. The third-order valence-electron chi connectivity index (χ3n) is 2.69. The molecule has 0 aromatic carbocycles. The fraction of sp³-hybridized carbons (Fsp3) is 1.00. The number of hydrogen-bond acceptors (Lipinski definition) is 1. The van der Waals surface area contributed by atoms with Gasteiger partial charge in [0.05, 0.1) is 12.2 Å². The van der Waals surface area contributed by atoms with Crippen molar-refractivity contribution < 1.29 is 4.74 Å². The van der Waals surface area contributed by atoms with Gasteiger partial charge < -0.3 is 4.74 Å². The molecule has 0 radical (unpaired) electrons. The monoisotopic (exact) mass is 312 g/mol. The zero-order valence-corrected chi connectivity index (χ0v) is 11.5. The van der Waals surface area contributed by atoms with E-state index in [1.165, 1.54) is 12.8 Å². The zero-order valence-electron chi connectivity index (χ0n) is 8.35. The van der Waals surface area contributed by atoms with Gasteiger partial charge in [-0.15, -0.1) is 0 Å². The van der Waals surface area contributed by atoms with E-state index in [2.05, 4.69) is 45.7 Å². The summed E-state index contributed by atoms with van der Waals surface area (Å²) >= 11 is 7.14. The molecule has 2 atom stereocenters. The van der Waals surface area contributed by atoms with Gasteiger partial charge in [0.1, 0.15) is 0 Å². The van der Waals surface area contributed by atoms with Gasteiger partial charge in [0.2, 0.25) is 0 Å². The van der Waals surface area contributed by atoms with Gasteiger partial charge in [0, 0.05) is 10.7 Å². The molecule has 1 heterocycles. The molecule has 13 heavy (non-hydrogen) atoms. The van der Waals surface area contributed by atoms with Crippen molar-refractivity contribution in [3.63, 3.8) is 0 Å². The summed E-state index contributed by atoms with van der Waals surface area (Å²) < 4.78 is 5.82. The predicted octanol–water partition coefficient (Wildman–Crippen LogP) is 3.74. The van der Waals surface area contributed by atoms with Gasteiger partial charge in [-0.3, -0.25) is 0 Å². The highest BCUT2D eigenvalue weighted by atomic mass is 79.9. The minimum Gasteiger partial charge on any atom is -0.375 e. The molecular weight excluding hydrogens is 296 g/mol. The smallest absolute Gasteiger partial charge is 0.0585 e. The van der Waals surface area contributed by atoms with E-state index in [0.717, 1.165) is 17.1 Å². The lowest BCUT2D eigenvalue weighted by Crippen LogP contribution is -2.26. The molecule has 1 rings (SSSR count). The second kappa shape index (κ2) is 5.13. The van der Waals surface area contributed by atoms with Crippen LogP contribution in [0.1, 0.15) is 33.1 Å². The van der Waals surface area contributed by atoms with Crippen molar-refractivity contribution in [3.8, 4) is 0 Å². The van der Waals surface area contributed by atoms with Crippen LogP contribution in [0.4, 0.5) is 0 Å². The van der Waals surface area contributed by atoms with E-state index in [1.54, 1.807) is 0 Å². The summed E-state index contributed by atoms with van der Waals surface area (Å²) in [6.45, 7) is 4.46. The highest BCUT2D eigenvalue weighted by Gasteiger charge is 2.30. The molecule has 0 spiro atoms. The second-order valence-corrected chi connectivity index (χ2v) is 5.55. The molecule has 1 aliphatic rings. The van der Waals surface area contributed by atoms with Gasteiger partial charge in [-0.05, 0) is 31.6 Å². The van der Waals surface area contributed by atoms with Crippen molar-refractivity contribution in [2.75, 3.05) is 10.7 Å². The molecule has 0 bridgehead atoms. The molecule has 78 valence electrons. The first kappa shape index (κ1) is 12.0. The molecule has 1 saturated heterocycles. The minimum absolute atomic E-state index is 0.342. The second-order valence-electron chi connectivity index (χ2n) is 4.43. The average Bonchev–Trinajstić information content (AvgIpc) is 2.51. The molecule has 3 heteroatoms. The number of ether oxygens (including phenoxy) is 1. The van der Waals surface area contributed by atoms with Gasteiger partial charge in [0.25, 0.3) is 0 Å². The third kappa shape index (κ3) is 3.52. The summed E-state index contributed by atoms with van der Waals surface area (Å²) in [6, 6.07) is 0. The SMILES string of the molecule is CC1CCC(CC(C)(CBr)CBr)O1. The van der Waals surface area contributed by atoms with Gasteiger partial charge in [-0.1, -0.05) is 38.8 Å². The Hall–Kier alpha value is 0.920. The van der Waals surface area contributed by atoms with Crippen molar-refractivity contribution in [1.82, 2.24) is 0 Å². The molecule has 1 nitrogen and oxygen atoms in total. The van der Waals surface area contributed by atoms with E-state index in [-0.39, 0.29) is 0 Å². The highest BCUT2D eigenvalue weighted by Crippen LogP contribution is 2.33. The lowest BCUT2D eigenvalue weighted by Gasteiger charge is -2.27. The van der Waals surface area contributed by atoms with Crippen LogP contribution in [0.25, 0.3) is 0 Å². The summed E-state index contributed by atoms with van der Waals surface area (Å²) in [4.78, 5) is 0. The van der Waals surface area contributed by atoms with E-state index < -0.39 is 0 Å². The first-order chi connectivity index (χ1) is 6.09. The van der Waals surface area contributed by atoms with Crippen molar-refractivity contribution in [2.24, 2.45) is 5.41 Å². The summed E-state index contributed by atoms with van der Waals surface area (Å²) in [5, 5.41) is 2.08. The van der Waals surface area contributed by atoms with Crippen LogP contribution in [0.2, 0.25) is 0 Å². The summed E-state index contributed by atoms with van der Waals surface area (Å²) in [6.07, 6.45) is 4.57. The summed E-state index contributed by atoms with van der Waals surface area (Å²) in [7, 11) is 0. The maximum absolute atomic E-state index is 5.82. The molecular formula is C10H18Br2O. The maximum atomic E-state index is 5.82. The number of hydrogen-bond donors (Lipinski definition) is 0. The Labute approximate surface area is 97.9 Å². The number of halogens is 2. The van der Waals surface area contributed by atoms with Gasteiger partial charge in [-0.2, -0.15) is 0 Å². The fourth-order valence-corrected chi connectivity index (χ4v) is 3.12. The van der Waals surface area contributed by atoms with Crippen molar-refractivity contribution in [2.45, 2.75) is 45.3 Å². The zero-order chi connectivity index (χ0) is 9.90. The van der Waals surface area contributed by atoms with Crippen molar-refractivity contribution in [1.29, 1.82) is 0 Å². The lowest BCUT2D eigenvalue weighted by molar-refractivity contribution is 0.0335. The normalized spacial score (nSPS) is 29.5. The molecule has 2 unspecified atom stereocenters.